The number of H-pyrrole nitrogens is 1. The number of aliphatic hydroxyl groups excluding tert-OH is 1. The highest BCUT2D eigenvalue weighted by molar-refractivity contribution is 4.62. The van der Waals surface area contributed by atoms with Gasteiger partial charge in [0.1, 0.15) is 6.33 Å². The van der Waals surface area contributed by atoms with Gasteiger partial charge in [0.05, 0.1) is 0 Å². The molecule has 0 atom stereocenters. The Morgan fingerprint density at radius 3 is 3.10 bits per heavy atom. The average molecular weight is 143 g/mol. The molecular formula is C5H9N3O2. The molecule has 0 radical (unpaired) electrons. The van der Waals surface area contributed by atoms with Gasteiger partial charge in [-0.15, -0.1) is 0 Å². The van der Waals surface area contributed by atoms with E-state index in [1.807, 2.05) is 0 Å². The lowest BCUT2D eigenvalue weighted by molar-refractivity contribution is 0.279. The summed E-state index contributed by atoms with van der Waals surface area (Å²) in [6, 6.07) is 0. The number of aromatic nitrogens is 3. The molecule has 0 fully saturated rings. The molecule has 0 saturated carbocycles. The second-order valence-electron chi connectivity index (χ2n) is 1.93. The number of nitrogens with one attached hydrogen (secondary N) is 1. The van der Waals surface area contributed by atoms with Crippen LogP contribution in [0.15, 0.2) is 11.1 Å². The molecule has 1 heterocycles. The molecule has 1 aromatic rings. The zero-order valence-corrected chi connectivity index (χ0v) is 5.45. The number of nitrogens with zero attached hydrogens (tertiary/aromatic N) is 2. The van der Waals surface area contributed by atoms with Crippen LogP contribution >= 0.6 is 0 Å². The quantitative estimate of drug-likeness (QED) is 0.567. The van der Waals surface area contributed by atoms with Gasteiger partial charge < -0.3 is 5.11 Å². The highest BCUT2D eigenvalue weighted by Crippen LogP contribution is 1.81. The molecule has 0 bridgehead atoms. The summed E-state index contributed by atoms with van der Waals surface area (Å²) in [4.78, 5) is 10.7. The first-order chi connectivity index (χ1) is 4.84. The predicted molar refractivity (Wildman–Crippen MR) is 34.6 cm³/mol. The Balaban J connectivity index is 2.57. The van der Waals surface area contributed by atoms with E-state index in [1.54, 1.807) is 0 Å². The van der Waals surface area contributed by atoms with E-state index in [-0.39, 0.29) is 12.3 Å². The molecule has 0 spiro atoms. The molecule has 0 aliphatic heterocycles. The largest absolute Gasteiger partial charge is 0.396 e. The van der Waals surface area contributed by atoms with Gasteiger partial charge in [0.15, 0.2) is 0 Å². The zero-order chi connectivity index (χ0) is 7.40. The van der Waals surface area contributed by atoms with E-state index in [4.69, 9.17) is 5.11 Å². The summed E-state index contributed by atoms with van der Waals surface area (Å²) in [6.45, 7) is 0.615. The highest BCUT2D eigenvalue weighted by Gasteiger charge is 1.93. The average Bonchev–Trinajstić information content (AvgIpc) is 2.31. The second kappa shape index (κ2) is 3.17. The summed E-state index contributed by atoms with van der Waals surface area (Å²) in [7, 11) is 0. The van der Waals surface area contributed by atoms with Gasteiger partial charge in [-0.2, -0.15) is 5.10 Å². The van der Waals surface area contributed by atoms with Crippen LogP contribution in [-0.2, 0) is 6.54 Å². The monoisotopic (exact) mass is 143 g/mol. The summed E-state index contributed by atoms with van der Waals surface area (Å²) in [5.41, 5.74) is -0.228. The van der Waals surface area contributed by atoms with Crippen LogP contribution in [0.4, 0.5) is 0 Å². The molecule has 1 aromatic heterocycles. The summed E-state index contributed by atoms with van der Waals surface area (Å²) < 4.78 is 1.41. The van der Waals surface area contributed by atoms with Gasteiger partial charge in [-0.1, -0.05) is 0 Å². The third-order valence-electron chi connectivity index (χ3n) is 1.18. The molecule has 0 aromatic carbocycles. The molecule has 56 valence electrons. The van der Waals surface area contributed by atoms with Crippen molar-refractivity contribution < 1.29 is 5.11 Å². The number of rotatable bonds is 3. The van der Waals surface area contributed by atoms with Crippen molar-refractivity contribution in [3.8, 4) is 0 Å². The fourth-order valence-electron chi connectivity index (χ4n) is 0.671. The van der Waals surface area contributed by atoms with Gasteiger partial charge in [0, 0.05) is 13.2 Å². The molecule has 0 aliphatic carbocycles. The number of hydrogen-bond acceptors (Lipinski definition) is 3. The Bertz CT molecular complexity index is 239. The summed E-state index contributed by atoms with van der Waals surface area (Å²) in [6.07, 6.45) is 2.00. The van der Waals surface area contributed by atoms with Gasteiger partial charge in [0.2, 0.25) is 0 Å². The Morgan fingerprint density at radius 1 is 1.80 bits per heavy atom. The van der Waals surface area contributed by atoms with Crippen LogP contribution in [0.5, 0.6) is 0 Å². The minimum Gasteiger partial charge on any atom is -0.396 e. The molecule has 2 N–H and O–H groups in total. The van der Waals surface area contributed by atoms with Gasteiger partial charge >= 0.3 is 5.69 Å². The molecule has 5 heteroatoms. The third-order valence-corrected chi connectivity index (χ3v) is 1.18. The molecule has 0 aliphatic rings. The van der Waals surface area contributed by atoms with Gasteiger partial charge in [-0.3, -0.25) is 4.57 Å². The van der Waals surface area contributed by atoms with Crippen molar-refractivity contribution in [3.05, 3.63) is 16.8 Å². The molecular weight excluding hydrogens is 134 g/mol. The van der Waals surface area contributed by atoms with Gasteiger partial charge in [-0.25, -0.2) is 9.89 Å². The van der Waals surface area contributed by atoms with E-state index >= 15 is 0 Å². The van der Waals surface area contributed by atoms with Crippen molar-refractivity contribution in [1.29, 1.82) is 0 Å². The van der Waals surface area contributed by atoms with Crippen LogP contribution in [0, 0.1) is 0 Å². The fraction of sp³-hybridized carbons (Fsp3) is 0.600. The first kappa shape index (κ1) is 7.01. The molecule has 0 saturated heterocycles. The van der Waals surface area contributed by atoms with Crippen LogP contribution in [0.25, 0.3) is 0 Å². The van der Waals surface area contributed by atoms with Crippen LogP contribution in [0.2, 0.25) is 0 Å². The van der Waals surface area contributed by atoms with Gasteiger partial charge in [-0.05, 0) is 6.42 Å². The molecule has 0 amide bonds. The van der Waals surface area contributed by atoms with E-state index in [0.717, 1.165) is 0 Å². The third kappa shape index (κ3) is 1.44. The lowest BCUT2D eigenvalue weighted by Crippen LogP contribution is -2.16. The van der Waals surface area contributed by atoms with E-state index in [9.17, 15) is 4.79 Å². The number of hydrogen-bond donors (Lipinski definition) is 2. The van der Waals surface area contributed by atoms with E-state index in [0.29, 0.717) is 13.0 Å². The first-order valence-electron chi connectivity index (χ1n) is 3.05. The minimum atomic E-state index is -0.228. The summed E-state index contributed by atoms with van der Waals surface area (Å²) >= 11 is 0. The molecule has 5 nitrogen and oxygen atoms in total. The second-order valence-corrected chi connectivity index (χ2v) is 1.93. The standard InChI is InChI=1S/C5H9N3O2/c9-3-1-2-8-4-6-7-5(8)10/h4,9H,1-3H2,(H,7,10). The van der Waals surface area contributed by atoms with Crippen molar-refractivity contribution in [2.24, 2.45) is 0 Å². The van der Waals surface area contributed by atoms with E-state index in [2.05, 4.69) is 10.2 Å². The van der Waals surface area contributed by atoms with Gasteiger partial charge in [0.25, 0.3) is 0 Å². The van der Waals surface area contributed by atoms with Crippen molar-refractivity contribution in [2.45, 2.75) is 13.0 Å². The van der Waals surface area contributed by atoms with Crippen molar-refractivity contribution >= 4 is 0 Å². The first-order valence-corrected chi connectivity index (χ1v) is 3.05. The molecule has 10 heavy (non-hydrogen) atoms. The lowest BCUT2D eigenvalue weighted by Gasteiger charge is -1.94. The van der Waals surface area contributed by atoms with Crippen LogP contribution in [-0.4, -0.2) is 26.5 Å². The van der Waals surface area contributed by atoms with Crippen molar-refractivity contribution in [1.82, 2.24) is 14.8 Å². The normalized spacial score (nSPS) is 10.1. The topological polar surface area (TPSA) is 70.9 Å². The molecule has 1 rings (SSSR count). The Hall–Kier alpha value is -1.10. The Labute approximate surface area is 57.3 Å². The Kier molecular flexibility index (Phi) is 2.22. The summed E-state index contributed by atoms with van der Waals surface area (Å²) in [5, 5.41) is 14.2. The number of aromatic amines is 1. The maximum absolute atomic E-state index is 10.7. The molecule has 0 unspecified atom stereocenters. The number of aryl methyl sites for hydroxylation is 1. The minimum absolute atomic E-state index is 0.0949. The highest BCUT2D eigenvalue weighted by atomic mass is 16.3. The van der Waals surface area contributed by atoms with Crippen LogP contribution in [0.3, 0.4) is 0 Å². The lowest BCUT2D eigenvalue weighted by atomic mass is 10.4. The maximum Gasteiger partial charge on any atom is 0.343 e. The SMILES string of the molecule is O=c1[nH]ncn1CCCO. The van der Waals surface area contributed by atoms with E-state index < -0.39 is 0 Å². The zero-order valence-electron chi connectivity index (χ0n) is 5.45. The van der Waals surface area contributed by atoms with Crippen LogP contribution < -0.4 is 5.69 Å². The summed E-state index contributed by atoms with van der Waals surface area (Å²) in [5.74, 6) is 0. The fourth-order valence-corrected chi connectivity index (χ4v) is 0.671. The smallest absolute Gasteiger partial charge is 0.343 e. The van der Waals surface area contributed by atoms with E-state index in [1.165, 1.54) is 10.9 Å². The van der Waals surface area contributed by atoms with Crippen LogP contribution in [0.1, 0.15) is 6.42 Å². The predicted octanol–water partition coefficient (Wildman–Crippen LogP) is -1.05. The Morgan fingerprint density at radius 2 is 2.60 bits per heavy atom. The maximum atomic E-state index is 10.7. The van der Waals surface area contributed by atoms with Crippen molar-refractivity contribution in [3.63, 3.8) is 0 Å². The number of aliphatic hydroxyl groups is 1. The van der Waals surface area contributed by atoms with Crippen molar-refractivity contribution in [2.75, 3.05) is 6.61 Å².